The summed E-state index contributed by atoms with van der Waals surface area (Å²) in [6.45, 7) is 2.67. The van der Waals surface area contributed by atoms with Gasteiger partial charge in [0.2, 0.25) is 0 Å². The van der Waals surface area contributed by atoms with Crippen LogP contribution in [-0.4, -0.2) is 29.2 Å². The van der Waals surface area contributed by atoms with Gasteiger partial charge in [0, 0.05) is 26.1 Å². The van der Waals surface area contributed by atoms with Crippen molar-refractivity contribution in [2.24, 2.45) is 0 Å². The lowest BCUT2D eigenvalue weighted by Crippen LogP contribution is -2.45. The second kappa shape index (κ2) is 4.87. The third kappa shape index (κ3) is 2.66. The van der Waals surface area contributed by atoms with Crippen molar-refractivity contribution in [1.29, 1.82) is 0 Å². The zero-order chi connectivity index (χ0) is 12.3. The van der Waals surface area contributed by atoms with Crippen LogP contribution in [0.3, 0.4) is 0 Å². The van der Waals surface area contributed by atoms with Gasteiger partial charge in [-0.15, -0.1) is 0 Å². The molecule has 2 rings (SSSR count). The minimum Gasteiger partial charge on any atom is -0.376 e. The summed E-state index contributed by atoms with van der Waals surface area (Å²) >= 11 is 0. The summed E-state index contributed by atoms with van der Waals surface area (Å²) in [5.41, 5.74) is -0.171. The van der Waals surface area contributed by atoms with E-state index in [-0.39, 0.29) is 11.2 Å². The summed E-state index contributed by atoms with van der Waals surface area (Å²) in [6, 6.07) is 1.49. The van der Waals surface area contributed by atoms with Gasteiger partial charge < -0.3 is 15.0 Å². The van der Waals surface area contributed by atoms with Crippen molar-refractivity contribution in [3.8, 4) is 0 Å². The number of aryl methyl sites for hydroxylation is 1. The molecule has 0 aliphatic heterocycles. The fraction of sp³-hybridized carbons (Fsp3) is 0.667. The van der Waals surface area contributed by atoms with E-state index in [1.807, 2.05) is 6.92 Å². The van der Waals surface area contributed by atoms with Gasteiger partial charge in [0.25, 0.3) is 5.56 Å². The van der Waals surface area contributed by atoms with Crippen LogP contribution >= 0.6 is 0 Å². The predicted octanol–water partition coefficient (Wildman–Crippen LogP) is 1.31. The fourth-order valence-corrected chi connectivity index (χ4v) is 2.04. The number of hydrogen-bond donors (Lipinski definition) is 2. The molecule has 0 aromatic carbocycles. The first kappa shape index (κ1) is 12.1. The lowest BCUT2D eigenvalue weighted by Gasteiger charge is -2.40. The number of methoxy groups -OCH3 is 1. The number of ether oxygens (including phenoxy) is 1. The van der Waals surface area contributed by atoms with E-state index in [2.05, 4.69) is 15.3 Å². The summed E-state index contributed by atoms with van der Waals surface area (Å²) in [5.74, 6) is 1.34. The monoisotopic (exact) mass is 237 g/mol. The van der Waals surface area contributed by atoms with E-state index in [1.54, 1.807) is 7.11 Å². The highest BCUT2D eigenvalue weighted by Gasteiger charge is 2.36. The number of anilines is 1. The van der Waals surface area contributed by atoms with Gasteiger partial charge in [-0.2, -0.15) is 0 Å². The average Bonchev–Trinajstić information content (AvgIpc) is 2.27. The van der Waals surface area contributed by atoms with E-state index in [9.17, 15) is 4.79 Å². The Kier molecular flexibility index (Phi) is 3.47. The smallest absolute Gasteiger partial charge is 0.252 e. The SMILES string of the molecule is CCc1nc(NCC2(OC)CCC2)cc(=O)[nH]1. The van der Waals surface area contributed by atoms with Gasteiger partial charge in [-0.1, -0.05) is 6.92 Å². The number of nitrogens with one attached hydrogen (secondary N) is 2. The molecule has 1 aliphatic carbocycles. The zero-order valence-corrected chi connectivity index (χ0v) is 10.4. The van der Waals surface area contributed by atoms with Crippen LogP contribution in [0.5, 0.6) is 0 Å². The van der Waals surface area contributed by atoms with Gasteiger partial charge in [-0.25, -0.2) is 4.98 Å². The Labute approximate surface area is 101 Å². The molecular formula is C12H19N3O2. The highest BCUT2D eigenvalue weighted by atomic mass is 16.5. The Bertz CT molecular complexity index is 432. The van der Waals surface area contributed by atoms with Crippen LogP contribution < -0.4 is 10.9 Å². The molecule has 1 aliphatic rings. The molecule has 1 fully saturated rings. The molecule has 1 saturated carbocycles. The quantitative estimate of drug-likeness (QED) is 0.810. The van der Waals surface area contributed by atoms with E-state index in [0.717, 1.165) is 19.3 Å². The molecule has 0 unspecified atom stereocenters. The van der Waals surface area contributed by atoms with Crippen LogP contribution in [0.15, 0.2) is 10.9 Å². The van der Waals surface area contributed by atoms with Gasteiger partial charge in [0.1, 0.15) is 11.6 Å². The van der Waals surface area contributed by atoms with E-state index in [4.69, 9.17) is 4.74 Å². The first-order valence-corrected chi connectivity index (χ1v) is 6.07. The fourth-order valence-electron chi connectivity index (χ4n) is 2.04. The van der Waals surface area contributed by atoms with Crippen LogP contribution in [0.2, 0.25) is 0 Å². The van der Waals surface area contributed by atoms with E-state index in [1.165, 1.54) is 12.5 Å². The Morgan fingerprint density at radius 2 is 2.35 bits per heavy atom. The third-order valence-electron chi connectivity index (χ3n) is 3.42. The lowest BCUT2D eigenvalue weighted by molar-refractivity contribution is -0.0601. The molecule has 5 heteroatoms. The zero-order valence-electron chi connectivity index (χ0n) is 10.4. The number of aromatic nitrogens is 2. The number of H-pyrrole nitrogens is 1. The molecular weight excluding hydrogens is 218 g/mol. The number of hydrogen-bond acceptors (Lipinski definition) is 4. The van der Waals surface area contributed by atoms with Crippen LogP contribution in [0.25, 0.3) is 0 Å². The van der Waals surface area contributed by atoms with Crippen molar-refractivity contribution in [3.63, 3.8) is 0 Å². The second-order valence-electron chi connectivity index (χ2n) is 4.53. The van der Waals surface area contributed by atoms with Crippen molar-refractivity contribution >= 4 is 5.82 Å². The van der Waals surface area contributed by atoms with Crippen molar-refractivity contribution in [3.05, 3.63) is 22.2 Å². The first-order valence-electron chi connectivity index (χ1n) is 6.07. The molecule has 0 saturated heterocycles. The Morgan fingerprint density at radius 3 is 2.88 bits per heavy atom. The van der Waals surface area contributed by atoms with E-state index in [0.29, 0.717) is 18.2 Å². The number of rotatable bonds is 5. The normalized spacial score (nSPS) is 17.5. The maximum absolute atomic E-state index is 11.4. The van der Waals surface area contributed by atoms with E-state index < -0.39 is 0 Å². The van der Waals surface area contributed by atoms with Gasteiger partial charge in [-0.05, 0) is 19.3 Å². The molecule has 0 amide bonds. The van der Waals surface area contributed by atoms with Gasteiger partial charge in [-0.3, -0.25) is 4.79 Å². The largest absolute Gasteiger partial charge is 0.376 e. The molecule has 1 aromatic rings. The van der Waals surface area contributed by atoms with Crippen LogP contribution in [0.4, 0.5) is 5.82 Å². The molecule has 1 heterocycles. The van der Waals surface area contributed by atoms with Crippen molar-refractivity contribution < 1.29 is 4.74 Å². The number of aromatic amines is 1. The van der Waals surface area contributed by atoms with Crippen LogP contribution in [0.1, 0.15) is 32.0 Å². The van der Waals surface area contributed by atoms with Gasteiger partial charge >= 0.3 is 0 Å². The summed E-state index contributed by atoms with van der Waals surface area (Å²) in [4.78, 5) is 18.4. The Balaban J connectivity index is 2.03. The van der Waals surface area contributed by atoms with E-state index >= 15 is 0 Å². The molecule has 1 aromatic heterocycles. The first-order chi connectivity index (χ1) is 8.17. The molecule has 0 atom stereocenters. The molecule has 17 heavy (non-hydrogen) atoms. The topological polar surface area (TPSA) is 67.0 Å². The van der Waals surface area contributed by atoms with Crippen molar-refractivity contribution in [2.75, 3.05) is 19.0 Å². The Hall–Kier alpha value is -1.36. The van der Waals surface area contributed by atoms with Crippen LogP contribution in [0, 0.1) is 0 Å². The summed E-state index contributed by atoms with van der Waals surface area (Å²) < 4.78 is 5.51. The maximum Gasteiger partial charge on any atom is 0.252 e. The highest BCUT2D eigenvalue weighted by molar-refractivity contribution is 5.33. The summed E-state index contributed by atoms with van der Waals surface area (Å²) in [7, 11) is 1.74. The highest BCUT2D eigenvalue weighted by Crippen LogP contribution is 2.34. The average molecular weight is 237 g/mol. The third-order valence-corrected chi connectivity index (χ3v) is 3.42. The summed E-state index contributed by atoms with van der Waals surface area (Å²) in [5, 5.41) is 3.20. The molecule has 2 N–H and O–H groups in total. The molecule has 94 valence electrons. The number of nitrogens with zero attached hydrogens (tertiary/aromatic N) is 1. The standard InChI is InChI=1S/C12H19N3O2/c1-3-9-14-10(7-11(16)15-9)13-8-12(17-2)5-4-6-12/h7H,3-6,8H2,1-2H3,(H2,13,14,15,16). The van der Waals surface area contributed by atoms with Crippen molar-refractivity contribution in [1.82, 2.24) is 9.97 Å². The maximum atomic E-state index is 11.4. The van der Waals surface area contributed by atoms with Crippen molar-refractivity contribution in [2.45, 2.75) is 38.2 Å². The van der Waals surface area contributed by atoms with Gasteiger partial charge in [0.15, 0.2) is 0 Å². The predicted molar refractivity (Wildman–Crippen MR) is 66.3 cm³/mol. The second-order valence-corrected chi connectivity index (χ2v) is 4.53. The lowest BCUT2D eigenvalue weighted by atomic mass is 9.80. The molecule has 0 spiro atoms. The molecule has 5 nitrogen and oxygen atoms in total. The van der Waals surface area contributed by atoms with Crippen LogP contribution in [-0.2, 0) is 11.2 Å². The summed E-state index contributed by atoms with van der Waals surface area (Å²) in [6.07, 6.45) is 4.07. The Morgan fingerprint density at radius 1 is 1.59 bits per heavy atom. The van der Waals surface area contributed by atoms with Gasteiger partial charge in [0.05, 0.1) is 5.60 Å². The molecule has 0 radical (unpaired) electrons. The minimum atomic E-state index is -0.112. The molecule has 0 bridgehead atoms. The minimum absolute atomic E-state index is 0.0589.